The maximum atomic E-state index is 14.4. The Hall–Kier alpha value is -2.68. The number of benzene rings is 2. The van der Waals surface area contributed by atoms with Gasteiger partial charge in [-0.1, -0.05) is 49.0 Å². The molecule has 1 aliphatic rings. The average Bonchev–Trinajstić information content (AvgIpc) is 2.58. The fourth-order valence-electron chi connectivity index (χ4n) is 2.82. The van der Waals surface area contributed by atoms with Gasteiger partial charge in [0, 0.05) is 17.7 Å². The molecule has 1 nitrogen and oxygen atoms in total. The van der Waals surface area contributed by atoms with Gasteiger partial charge >= 0.3 is 0 Å². The summed E-state index contributed by atoms with van der Waals surface area (Å²) in [7, 11) is 0. The molecular formula is C20H17F2N. The third-order valence-corrected chi connectivity index (χ3v) is 3.93. The molecular weight excluding hydrogens is 292 g/mol. The lowest BCUT2D eigenvalue weighted by molar-refractivity contribution is 0.475. The Bertz CT molecular complexity index is 803. The lowest BCUT2D eigenvalue weighted by atomic mass is 9.94. The standard InChI is InChI=1S/C20H17F2N/c1-3-23-14(2)19(22)13-17(15-9-5-4-6-10-15)20(23)16-11-7-8-12-18(16)21/h4-13H,2-3H2,1H3. The highest BCUT2D eigenvalue weighted by Gasteiger charge is 2.26. The molecule has 0 bridgehead atoms. The Balaban J connectivity index is 2.32. The molecule has 3 heteroatoms. The lowest BCUT2D eigenvalue weighted by Gasteiger charge is -2.33. The van der Waals surface area contributed by atoms with Crippen LogP contribution in [0.25, 0.3) is 11.3 Å². The van der Waals surface area contributed by atoms with Crippen LogP contribution in [0.4, 0.5) is 8.78 Å². The third kappa shape index (κ3) is 2.70. The van der Waals surface area contributed by atoms with E-state index < -0.39 is 5.83 Å². The summed E-state index contributed by atoms with van der Waals surface area (Å²) in [6, 6.07) is 16.0. The monoisotopic (exact) mass is 309 g/mol. The molecule has 2 aromatic carbocycles. The van der Waals surface area contributed by atoms with Crippen LogP contribution in [0.3, 0.4) is 0 Å². The van der Waals surface area contributed by atoms with Crippen molar-refractivity contribution in [3.8, 4) is 0 Å². The molecule has 0 saturated carbocycles. The fraction of sp³-hybridized carbons (Fsp3) is 0.100. The topological polar surface area (TPSA) is 3.24 Å². The summed E-state index contributed by atoms with van der Waals surface area (Å²) in [6.45, 7) is 6.20. The molecule has 0 spiro atoms. The first-order chi connectivity index (χ1) is 11.1. The lowest BCUT2D eigenvalue weighted by Crippen LogP contribution is -2.25. The summed E-state index contributed by atoms with van der Waals surface area (Å²) >= 11 is 0. The van der Waals surface area contributed by atoms with Crippen LogP contribution in [0.5, 0.6) is 0 Å². The Morgan fingerprint density at radius 1 is 0.957 bits per heavy atom. The number of rotatable bonds is 3. The number of allylic oxidation sites excluding steroid dienone is 3. The third-order valence-electron chi connectivity index (χ3n) is 3.93. The molecule has 0 saturated heterocycles. The van der Waals surface area contributed by atoms with E-state index in [1.54, 1.807) is 23.1 Å². The van der Waals surface area contributed by atoms with Gasteiger partial charge in [-0.2, -0.15) is 0 Å². The number of nitrogens with zero attached hydrogens (tertiary/aromatic N) is 1. The summed E-state index contributed by atoms with van der Waals surface area (Å²) in [6.07, 6.45) is 1.44. The zero-order chi connectivity index (χ0) is 16.4. The summed E-state index contributed by atoms with van der Waals surface area (Å²) in [5.74, 6) is -0.733. The molecule has 0 fully saturated rings. The molecule has 0 amide bonds. The number of hydrogen-bond donors (Lipinski definition) is 0. The van der Waals surface area contributed by atoms with Crippen molar-refractivity contribution in [3.63, 3.8) is 0 Å². The molecule has 0 atom stereocenters. The van der Waals surface area contributed by atoms with Gasteiger partial charge in [0.25, 0.3) is 0 Å². The molecule has 0 radical (unpaired) electrons. The van der Waals surface area contributed by atoms with Gasteiger partial charge in [0.1, 0.15) is 11.6 Å². The maximum absolute atomic E-state index is 14.4. The van der Waals surface area contributed by atoms with E-state index in [4.69, 9.17) is 0 Å². The largest absolute Gasteiger partial charge is 0.339 e. The van der Waals surface area contributed by atoms with Crippen molar-refractivity contribution in [3.05, 3.63) is 95.7 Å². The summed E-state index contributed by atoms with van der Waals surface area (Å²) in [4.78, 5) is 1.72. The van der Waals surface area contributed by atoms with Crippen molar-refractivity contribution in [2.75, 3.05) is 6.54 Å². The van der Waals surface area contributed by atoms with Crippen molar-refractivity contribution in [2.45, 2.75) is 6.92 Å². The molecule has 1 heterocycles. The van der Waals surface area contributed by atoms with Gasteiger partial charge in [-0.25, -0.2) is 8.78 Å². The van der Waals surface area contributed by atoms with Gasteiger partial charge in [-0.3, -0.25) is 0 Å². The second-order valence-corrected chi connectivity index (χ2v) is 5.29. The van der Waals surface area contributed by atoms with Gasteiger partial charge in [-0.15, -0.1) is 0 Å². The Morgan fingerprint density at radius 2 is 1.61 bits per heavy atom. The Morgan fingerprint density at radius 3 is 2.26 bits per heavy atom. The SMILES string of the molecule is C=C1C(F)=CC(c2ccccc2)=C(c2ccccc2F)N1CC. The number of likely N-dealkylation sites (N-methyl/N-ethyl adjacent to an activating group) is 1. The van der Waals surface area contributed by atoms with Crippen LogP contribution in [0.2, 0.25) is 0 Å². The zero-order valence-electron chi connectivity index (χ0n) is 12.9. The Labute approximate surface area is 134 Å². The minimum atomic E-state index is -0.397. The molecule has 1 aliphatic heterocycles. The molecule has 2 aromatic rings. The van der Waals surface area contributed by atoms with Crippen molar-refractivity contribution < 1.29 is 8.78 Å². The fourth-order valence-corrected chi connectivity index (χ4v) is 2.82. The normalized spacial score (nSPS) is 15.0. The predicted molar refractivity (Wildman–Crippen MR) is 90.4 cm³/mol. The maximum Gasteiger partial charge on any atom is 0.146 e. The first-order valence-corrected chi connectivity index (χ1v) is 7.52. The van der Waals surface area contributed by atoms with E-state index in [-0.39, 0.29) is 11.5 Å². The van der Waals surface area contributed by atoms with E-state index in [0.29, 0.717) is 23.4 Å². The average molecular weight is 309 g/mol. The van der Waals surface area contributed by atoms with Crippen LogP contribution in [-0.2, 0) is 0 Å². The Kier molecular flexibility index (Phi) is 4.11. The van der Waals surface area contributed by atoms with Gasteiger partial charge in [0.2, 0.25) is 0 Å². The van der Waals surface area contributed by atoms with Crippen molar-refractivity contribution in [2.24, 2.45) is 0 Å². The minimum absolute atomic E-state index is 0.255. The van der Waals surface area contributed by atoms with Crippen LogP contribution in [-0.4, -0.2) is 11.4 Å². The summed E-state index contributed by atoms with van der Waals surface area (Å²) in [5.41, 5.74) is 2.83. The molecule has 116 valence electrons. The smallest absolute Gasteiger partial charge is 0.146 e. The predicted octanol–water partition coefficient (Wildman–Crippen LogP) is 5.40. The van der Waals surface area contributed by atoms with Crippen LogP contribution in [0, 0.1) is 5.82 Å². The van der Waals surface area contributed by atoms with Gasteiger partial charge < -0.3 is 4.90 Å². The second kappa shape index (κ2) is 6.21. The number of halogens is 2. The van der Waals surface area contributed by atoms with E-state index in [0.717, 1.165) is 5.56 Å². The van der Waals surface area contributed by atoms with E-state index in [2.05, 4.69) is 6.58 Å². The van der Waals surface area contributed by atoms with Gasteiger partial charge in [-0.05, 0) is 30.7 Å². The summed E-state index contributed by atoms with van der Waals surface area (Å²) in [5, 5.41) is 0. The molecule has 0 N–H and O–H groups in total. The highest BCUT2D eigenvalue weighted by molar-refractivity contribution is 5.97. The van der Waals surface area contributed by atoms with Crippen molar-refractivity contribution in [1.82, 2.24) is 4.90 Å². The first kappa shape index (κ1) is 15.2. The number of hydrogen-bond acceptors (Lipinski definition) is 1. The zero-order valence-corrected chi connectivity index (χ0v) is 12.9. The molecule has 23 heavy (non-hydrogen) atoms. The molecule has 0 unspecified atom stereocenters. The summed E-state index contributed by atoms with van der Waals surface area (Å²) < 4.78 is 28.7. The van der Waals surface area contributed by atoms with Crippen LogP contribution in [0.15, 0.2) is 78.8 Å². The minimum Gasteiger partial charge on any atom is -0.339 e. The second-order valence-electron chi connectivity index (χ2n) is 5.29. The molecule has 3 rings (SSSR count). The van der Waals surface area contributed by atoms with E-state index in [1.165, 1.54) is 12.1 Å². The van der Waals surface area contributed by atoms with E-state index in [9.17, 15) is 8.78 Å². The van der Waals surface area contributed by atoms with Crippen molar-refractivity contribution in [1.29, 1.82) is 0 Å². The molecule has 0 aromatic heterocycles. The highest BCUT2D eigenvalue weighted by Crippen LogP contribution is 2.40. The van der Waals surface area contributed by atoms with Crippen LogP contribution < -0.4 is 0 Å². The van der Waals surface area contributed by atoms with Gasteiger partial charge in [0.05, 0.1) is 11.4 Å². The first-order valence-electron chi connectivity index (χ1n) is 7.52. The van der Waals surface area contributed by atoms with Crippen LogP contribution in [0.1, 0.15) is 18.1 Å². The van der Waals surface area contributed by atoms with Crippen LogP contribution >= 0.6 is 0 Å². The van der Waals surface area contributed by atoms with Gasteiger partial charge in [0.15, 0.2) is 0 Å². The van der Waals surface area contributed by atoms with E-state index in [1.807, 2.05) is 37.3 Å². The highest BCUT2D eigenvalue weighted by atomic mass is 19.1. The van der Waals surface area contributed by atoms with Crippen molar-refractivity contribution >= 4 is 11.3 Å². The van der Waals surface area contributed by atoms with E-state index >= 15 is 0 Å². The molecule has 0 aliphatic carbocycles. The quantitative estimate of drug-likeness (QED) is 0.734.